The number of piperidine rings is 1. The molecule has 0 aromatic carbocycles. The van der Waals surface area contributed by atoms with Crippen LogP contribution >= 0.6 is 0 Å². The lowest BCUT2D eigenvalue weighted by Crippen LogP contribution is -2.48. The Balaban J connectivity index is 1.92. The molecule has 1 aliphatic heterocycles. The Morgan fingerprint density at radius 2 is 2.33 bits per heavy atom. The van der Waals surface area contributed by atoms with E-state index in [4.69, 9.17) is 0 Å². The van der Waals surface area contributed by atoms with Crippen molar-refractivity contribution in [1.29, 1.82) is 0 Å². The number of hydrogen-bond acceptors (Lipinski definition) is 3. The molecule has 1 unspecified atom stereocenters. The van der Waals surface area contributed by atoms with Crippen molar-refractivity contribution in [1.82, 2.24) is 14.7 Å². The third-order valence-electron chi connectivity index (χ3n) is 3.99. The minimum atomic E-state index is -0.645. The molecule has 1 aromatic rings. The number of carbonyl (C=O) groups is 1. The molecule has 2 heterocycles. The highest BCUT2D eigenvalue weighted by Gasteiger charge is 2.40. The van der Waals surface area contributed by atoms with Crippen LogP contribution < -0.4 is 0 Å². The average molecular weight is 251 g/mol. The normalized spacial score (nSPS) is 25.2. The Labute approximate surface area is 107 Å². The number of likely N-dealkylation sites (tertiary alicyclic amines) is 1. The maximum Gasteiger partial charge on any atom is 0.310 e. The Morgan fingerprint density at radius 1 is 1.50 bits per heavy atom. The van der Waals surface area contributed by atoms with E-state index >= 15 is 0 Å². The largest absolute Gasteiger partial charge is 0.481 e. The van der Waals surface area contributed by atoms with Crippen LogP contribution in [0.1, 0.15) is 26.2 Å². The minimum absolute atomic E-state index is 0.539. The van der Waals surface area contributed by atoms with Crippen LogP contribution in [0.2, 0.25) is 0 Å². The van der Waals surface area contributed by atoms with Crippen LogP contribution in [0.25, 0.3) is 0 Å². The summed E-state index contributed by atoms with van der Waals surface area (Å²) in [5.41, 5.74) is -0.539. The zero-order valence-corrected chi connectivity index (χ0v) is 10.9. The number of aliphatic carboxylic acids is 1. The molecule has 5 nitrogen and oxygen atoms in total. The number of aromatic nitrogens is 2. The van der Waals surface area contributed by atoms with Gasteiger partial charge in [0.2, 0.25) is 0 Å². The maximum atomic E-state index is 11.4. The molecule has 0 aliphatic carbocycles. The van der Waals surface area contributed by atoms with Crippen LogP contribution in [-0.2, 0) is 11.3 Å². The molecular formula is C13H21N3O2. The first-order valence-corrected chi connectivity index (χ1v) is 6.59. The summed E-state index contributed by atoms with van der Waals surface area (Å²) in [7, 11) is 0. The fourth-order valence-corrected chi connectivity index (χ4v) is 2.71. The molecule has 1 saturated heterocycles. The third kappa shape index (κ3) is 2.72. The second-order valence-electron chi connectivity index (χ2n) is 5.09. The Hall–Kier alpha value is -1.36. The van der Waals surface area contributed by atoms with Gasteiger partial charge in [0.15, 0.2) is 0 Å². The standard InChI is InChI=1S/C13H21N3O2/c1-2-13(12(17)18)5-3-7-15(11-13)9-10-16-8-4-6-14-16/h4,6,8H,2-3,5,7,9-11H2,1H3,(H,17,18). The van der Waals surface area contributed by atoms with Gasteiger partial charge in [-0.2, -0.15) is 5.10 Å². The summed E-state index contributed by atoms with van der Waals surface area (Å²) in [6.07, 6.45) is 6.19. The zero-order chi connectivity index (χ0) is 13.0. The van der Waals surface area contributed by atoms with E-state index in [1.54, 1.807) is 6.20 Å². The van der Waals surface area contributed by atoms with Gasteiger partial charge in [0.05, 0.1) is 12.0 Å². The van der Waals surface area contributed by atoms with Gasteiger partial charge < -0.3 is 10.0 Å². The van der Waals surface area contributed by atoms with E-state index in [0.29, 0.717) is 13.0 Å². The molecular weight excluding hydrogens is 230 g/mol. The third-order valence-corrected chi connectivity index (χ3v) is 3.99. The average Bonchev–Trinajstić information content (AvgIpc) is 2.89. The number of carboxylic acids is 1. The van der Waals surface area contributed by atoms with Crippen molar-refractivity contribution in [2.45, 2.75) is 32.7 Å². The van der Waals surface area contributed by atoms with Crippen molar-refractivity contribution in [3.8, 4) is 0 Å². The molecule has 1 atom stereocenters. The summed E-state index contributed by atoms with van der Waals surface area (Å²) in [6.45, 7) is 5.34. The molecule has 0 spiro atoms. The quantitative estimate of drug-likeness (QED) is 0.860. The molecule has 5 heteroatoms. The van der Waals surface area contributed by atoms with Crippen LogP contribution in [-0.4, -0.2) is 45.4 Å². The van der Waals surface area contributed by atoms with E-state index in [1.807, 2.05) is 23.9 Å². The number of hydrogen-bond donors (Lipinski definition) is 1. The van der Waals surface area contributed by atoms with Crippen LogP contribution in [0, 0.1) is 5.41 Å². The number of carboxylic acid groups (broad SMARTS) is 1. The van der Waals surface area contributed by atoms with E-state index in [2.05, 4.69) is 10.00 Å². The first kappa shape index (κ1) is 13.1. The Kier molecular flexibility index (Phi) is 4.01. The van der Waals surface area contributed by atoms with Gasteiger partial charge >= 0.3 is 5.97 Å². The summed E-state index contributed by atoms with van der Waals surface area (Å²) in [5, 5.41) is 13.6. The van der Waals surface area contributed by atoms with Gasteiger partial charge in [0.25, 0.3) is 0 Å². The van der Waals surface area contributed by atoms with Crippen LogP contribution in [0.4, 0.5) is 0 Å². The molecule has 0 saturated carbocycles. The predicted octanol–water partition coefficient (Wildman–Crippen LogP) is 1.46. The molecule has 0 amide bonds. The van der Waals surface area contributed by atoms with Gasteiger partial charge in [0.1, 0.15) is 0 Å². The maximum absolute atomic E-state index is 11.4. The van der Waals surface area contributed by atoms with E-state index in [0.717, 1.165) is 32.5 Å². The molecule has 100 valence electrons. The molecule has 1 fully saturated rings. The molecule has 2 rings (SSSR count). The van der Waals surface area contributed by atoms with Crippen LogP contribution in [0.5, 0.6) is 0 Å². The second-order valence-corrected chi connectivity index (χ2v) is 5.09. The van der Waals surface area contributed by atoms with Crippen LogP contribution in [0.3, 0.4) is 0 Å². The van der Waals surface area contributed by atoms with Crippen molar-refractivity contribution in [2.24, 2.45) is 5.41 Å². The lowest BCUT2D eigenvalue weighted by atomic mass is 9.77. The molecule has 1 N–H and O–H groups in total. The van der Waals surface area contributed by atoms with Crippen molar-refractivity contribution in [2.75, 3.05) is 19.6 Å². The number of rotatable bonds is 5. The van der Waals surface area contributed by atoms with Gasteiger partial charge in [-0.3, -0.25) is 9.48 Å². The van der Waals surface area contributed by atoms with E-state index < -0.39 is 11.4 Å². The lowest BCUT2D eigenvalue weighted by molar-refractivity contribution is -0.153. The van der Waals surface area contributed by atoms with Gasteiger partial charge in [0, 0.05) is 25.5 Å². The molecule has 18 heavy (non-hydrogen) atoms. The topological polar surface area (TPSA) is 58.4 Å². The van der Waals surface area contributed by atoms with Crippen molar-refractivity contribution in [3.05, 3.63) is 18.5 Å². The van der Waals surface area contributed by atoms with E-state index in [9.17, 15) is 9.90 Å². The van der Waals surface area contributed by atoms with Gasteiger partial charge in [-0.25, -0.2) is 0 Å². The Morgan fingerprint density at radius 3 is 2.94 bits per heavy atom. The van der Waals surface area contributed by atoms with Crippen molar-refractivity contribution < 1.29 is 9.90 Å². The summed E-state index contributed by atoms with van der Waals surface area (Å²) in [6, 6.07) is 1.91. The predicted molar refractivity (Wildman–Crippen MR) is 68.3 cm³/mol. The molecule has 0 radical (unpaired) electrons. The minimum Gasteiger partial charge on any atom is -0.481 e. The van der Waals surface area contributed by atoms with Crippen molar-refractivity contribution in [3.63, 3.8) is 0 Å². The summed E-state index contributed by atoms with van der Waals surface area (Å²) >= 11 is 0. The fraction of sp³-hybridized carbons (Fsp3) is 0.692. The lowest BCUT2D eigenvalue weighted by Gasteiger charge is -2.39. The molecule has 1 aliphatic rings. The first-order chi connectivity index (χ1) is 8.66. The molecule has 1 aromatic heterocycles. The summed E-state index contributed by atoms with van der Waals surface area (Å²) in [4.78, 5) is 13.7. The van der Waals surface area contributed by atoms with E-state index in [1.165, 1.54) is 0 Å². The van der Waals surface area contributed by atoms with Gasteiger partial charge in [-0.1, -0.05) is 6.92 Å². The highest BCUT2D eigenvalue weighted by Crippen LogP contribution is 2.33. The van der Waals surface area contributed by atoms with E-state index in [-0.39, 0.29) is 0 Å². The van der Waals surface area contributed by atoms with Gasteiger partial charge in [-0.15, -0.1) is 0 Å². The number of nitrogens with zero attached hydrogens (tertiary/aromatic N) is 3. The first-order valence-electron chi connectivity index (χ1n) is 6.59. The Bertz CT molecular complexity index is 391. The smallest absolute Gasteiger partial charge is 0.310 e. The summed E-state index contributed by atoms with van der Waals surface area (Å²) < 4.78 is 1.89. The molecule has 0 bridgehead atoms. The monoisotopic (exact) mass is 251 g/mol. The van der Waals surface area contributed by atoms with Gasteiger partial charge in [-0.05, 0) is 31.9 Å². The summed E-state index contributed by atoms with van der Waals surface area (Å²) in [5.74, 6) is -0.645. The fourth-order valence-electron chi connectivity index (χ4n) is 2.71. The van der Waals surface area contributed by atoms with Crippen molar-refractivity contribution >= 4 is 5.97 Å². The highest BCUT2D eigenvalue weighted by molar-refractivity contribution is 5.75. The zero-order valence-electron chi connectivity index (χ0n) is 10.9. The van der Waals surface area contributed by atoms with Crippen LogP contribution in [0.15, 0.2) is 18.5 Å². The highest BCUT2D eigenvalue weighted by atomic mass is 16.4. The SMILES string of the molecule is CCC1(C(=O)O)CCCN(CCn2cccn2)C1. The second kappa shape index (κ2) is 5.52.